The number of carbonyl (C=O) groups excluding carboxylic acids is 1. The summed E-state index contributed by atoms with van der Waals surface area (Å²) in [5.41, 5.74) is 6.76. The van der Waals surface area contributed by atoms with E-state index in [4.69, 9.17) is 10.5 Å². The molecule has 1 aromatic carbocycles. The molecule has 114 valence electrons. The van der Waals surface area contributed by atoms with Crippen LogP contribution in [-0.4, -0.2) is 19.1 Å². The summed E-state index contributed by atoms with van der Waals surface area (Å²) in [6, 6.07) is 10.1. The fraction of sp³-hybridized carbons (Fsp3) is 0.562. The molecule has 0 aromatic heterocycles. The van der Waals surface area contributed by atoms with E-state index in [0.29, 0.717) is 0 Å². The molecule has 0 fully saturated rings. The molecule has 0 amide bonds. The van der Waals surface area contributed by atoms with E-state index in [2.05, 4.69) is 0 Å². The first-order chi connectivity index (χ1) is 9.15. The Morgan fingerprint density at radius 3 is 2.30 bits per heavy atom. The normalized spacial score (nSPS) is 13.2. The monoisotopic (exact) mass is 299 g/mol. The SMILES string of the molecule is COC(=O)C(CCCCCC(C)N)c1ccccc1.Cl. The lowest BCUT2D eigenvalue weighted by Crippen LogP contribution is -2.15. The largest absolute Gasteiger partial charge is 0.469 e. The first-order valence-electron chi connectivity index (χ1n) is 7.03. The lowest BCUT2D eigenvalue weighted by Gasteiger charge is -2.15. The van der Waals surface area contributed by atoms with Crippen LogP contribution in [0.4, 0.5) is 0 Å². The minimum Gasteiger partial charge on any atom is -0.469 e. The predicted octanol–water partition coefficient (Wildman–Crippen LogP) is 3.66. The van der Waals surface area contributed by atoms with Crippen LogP contribution in [0, 0.1) is 0 Å². The van der Waals surface area contributed by atoms with Crippen LogP contribution >= 0.6 is 12.4 Å². The Bertz CT molecular complexity index is 368. The van der Waals surface area contributed by atoms with Crippen molar-refractivity contribution in [3.05, 3.63) is 35.9 Å². The van der Waals surface area contributed by atoms with Gasteiger partial charge in [-0.2, -0.15) is 0 Å². The third-order valence-corrected chi connectivity index (χ3v) is 3.34. The molecule has 0 saturated heterocycles. The van der Waals surface area contributed by atoms with Gasteiger partial charge in [-0.15, -0.1) is 12.4 Å². The van der Waals surface area contributed by atoms with Gasteiger partial charge in [-0.25, -0.2) is 0 Å². The van der Waals surface area contributed by atoms with Crippen molar-refractivity contribution in [2.24, 2.45) is 5.73 Å². The van der Waals surface area contributed by atoms with Crippen molar-refractivity contribution in [1.82, 2.24) is 0 Å². The highest BCUT2D eigenvalue weighted by Crippen LogP contribution is 2.24. The minimum absolute atomic E-state index is 0. The molecule has 0 aliphatic heterocycles. The van der Waals surface area contributed by atoms with Gasteiger partial charge in [0, 0.05) is 6.04 Å². The molecule has 0 heterocycles. The Morgan fingerprint density at radius 1 is 1.15 bits per heavy atom. The van der Waals surface area contributed by atoms with Gasteiger partial charge in [0.25, 0.3) is 0 Å². The van der Waals surface area contributed by atoms with Gasteiger partial charge in [0.2, 0.25) is 0 Å². The number of ether oxygens (including phenoxy) is 1. The average molecular weight is 300 g/mol. The van der Waals surface area contributed by atoms with Gasteiger partial charge >= 0.3 is 5.97 Å². The number of halogens is 1. The number of benzene rings is 1. The van der Waals surface area contributed by atoms with E-state index in [1.54, 1.807) is 0 Å². The topological polar surface area (TPSA) is 52.3 Å². The van der Waals surface area contributed by atoms with Crippen molar-refractivity contribution in [2.45, 2.75) is 51.0 Å². The number of carbonyl (C=O) groups is 1. The van der Waals surface area contributed by atoms with Crippen LogP contribution in [0.1, 0.15) is 50.5 Å². The Morgan fingerprint density at radius 2 is 1.75 bits per heavy atom. The zero-order chi connectivity index (χ0) is 14.1. The second kappa shape index (κ2) is 10.7. The number of methoxy groups -OCH3 is 1. The third-order valence-electron chi connectivity index (χ3n) is 3.34. The Balaban J connectivity index is 0.00000361. The van der Waals surface area contributed by atoms with E-state index in [0.717, 1.165) is 37.7 Å². The molecule has 2 N–H and O–H groups in total. The maximum Gasteiger partial charge on any atom is 0.313 e. The smallest absolute Gasteiger partial charge is 0.313 e. The molecule has 3 nitrogen and oxygen atoms in total. The lowest BCUT2D eigenvalue weighted by atomic mass is 9.93. The first-order valence-corrected chi connectivity index (χ1v) is 7.03. The Hall–Kier alpha value is -1.06. The van der Waals surface area contributed by atoms with Crippen LogP contribution < -0.4 is 5.73 Å². The summed E-state index contributed by atoms with van der Waals surface area (Å²) in [6.45, 7) is 2.03. The van der Waals surface area contributed by atoms with Gasteiger partial charge in [-0.3, -0.25) is 4.79 Å². The zero-order valence-electron chi connectivity index (χ0n) is 12.4. The molecule has 1 rings (SSSR count). The standard InChI is InChI=1S/C16H25NO2.ClH/c1-13(17)9-5-3-8-12-15(16(18)19-2)14-10-6-4-7-11-14;/h4,6-7,10-11,13,15H,3,5,8-9,12,17H2,1-2H3;1H. The third kappa shape index (κ3) is 6.92. The maximum absolute atomic E-state index is 11.8. The molecule has 0 radical (unpaired) electrons. The number of hydrogen-bond acceptors (Lipinski definition) is 3. The lowest BCUT2D eigenvalue weighted by molar-refractivity contribution is -0.142. The summed E-state index contributed by atoms with van der Waals surface area (Å²) in [7, 11) is 1.45. The van der Waals surface area contributed by atoms with Gasteiger partial charge in [0.15, 0.2) is 0 Å². The fourth-order valence-electron chi connectivity index (χ4n) is 2.24. The zero-order valence-corrected chi connectivity index (χ0v) is 13.2. The molecule has 0 spiro atoms. The highest BCUT2D eigenvalue weighted by molar-refractivity contribution is 5.85. The van der Waals surface area contributed by atoms with E-state index in [-0.39, 0.29) is 30.3 Å². The van der Waals surface area contributed by atoms with Gasteiger partial charge in [0.05, 0.1) is 13.0 Å². The summed E-state index contributed by atoms with van der Waals surface area (Å²) in [5.74, 6) is -0.278. The van der Waals surface area contributed by atoms with E-state index in [9.17, 15) is 4.79 Å². The highest BCUT2D eigenvalue weighted by atomic mass is 35.5. The molecule has 4 heteroatoms. The Labute approximate surface area is 128 Å². The van der Waals surface area contributed by atoms with E-state index in [1.807, 2.05) is 37.3 Å². The van der Waals surface area contributed by atoms with E-state index < -0.39 is 0 Å². The summed E-state index contributed by atoms with van der Waals surface area (Å²) >= 11 is 0. The number of hydrogen-bond donors (Lipinski definition) is 1. The van der Waals surface area contributed by atoms with Crippen LogP contribution in [0.15, 0.2) is 30.3 Å². The second-order valence-electron chi connectivity index (χ2n) is 5.10. The Kier molecular flexibility index (Phi) is 10.1. The number of esters is 1. The van der Waals surface area contributed by atoms with Crippen LogP contribution in [0.5, 0.6) is 0 Å². The minimum atomic E-state index is -0.140. The van der Waals surface area contributed by atoms with Crippen molar-refractivity contribution in [2.75, 3.05) is 7.11 Å². The van der Waals surface area contributed by atoms with Crippen molar-refractivity contribution in [3.8, 4) is 0 Å². The quantitative estimate of drug-likeness (QED) is 0.589. The fourth-order valence-corrected chi connectivity index (χ4v) is 2.24. The van der Waals surface area contributed by atoms with E-state index >= 15 is 0 Å². The summed E-state index contributed by atoms with van der Waals surface area (Å²) in [5, 5.41) is 0. The van der Waals surface area contributed by atoms with Crippen LogP contribution in [0.3, 0.4) is 0 Å². The number of unbranched alkanes of at least 4 members (excludes halogenated alkanes) is 2. The summed E-state index contributed by atoms with van der Waals surface area (Å²) in [6.07, 6.45) is 5.16. The van der Waals surface area contributed by atoms with Gasteiger partial charge < -0.3 is 10.5 Å². The molecule has 0 bridgehead atoms. The molecule has 2 atom stereocenters. The predicted molar refractivity (Wildman–Crippen MR) is 85.2 cm³/mol. The van der Waals surface area contributed by atoms with Gasteiger partial charge in [-0.05, 0) is 25.3 Å². The van der Waals surface area contributed by atoms with Crippen LogP contribution in [0.25, 0.3) is 0 Å². The van der Waals surface area contributed by atoms with Crippen molar-refractivity contribution < 1.29 is 9.53 Å². The highest BCUT2D eigenvalue weighted by Gasteiger charge is 2.20. The molecule has 0 saturated carbocycles. The molecule has 20 heavy (non-hydrogen) atoms. The molecule has 0 aliphatic carbocycles. The van der Waals surface area contributed by atoms with E-state index in [1.165, 1.54) is 7.11 Å². The second-order valence-corrected chi connectivity index (χ2v) is 5.10. The average Bonchev–Trinajstić information content (AvgIpc) is 2.42. The summed E-state index contributed by atoms with van der Waals surface area (Å²) in [4.78, 5) is 11.8. The number of rotatable bonds is 8. The number of nitrogens with two attached hydrogens (primary N) is 1. The van der Waals surface area contributed by atoms with Gasteiger partial charge in [0.1, 0.15) is 0 Å². The first kappa shape index (κ1) is 18.9. The van der Waals surface area contributed by atoms with Crippen molar-refractivity contribution in [1.29, 1.82) is 0 Å². The molecule has 1 aromatic rings. The molecule has 2 unspecified atom stereocenters. The summed E-state index contributed by atoms with van der Waals surface area (Å²) < 4.78 is 4.90. The van der Waals surface area contributed by atoms with Gasteiger partial charge in [-0.1, -0.05) is 49.6 Å². The molecular formula is C16H26ClNO2. The van der Waals surface area contributed by atoms with Crippen molar-refractivity contribution >= 4 is 18.4 Å². The molecular weight excluding hydrogens is 274 g/mol. The van der Waals surface area contributed by atoms with Crippen molar-refractivity contribution in [3.63, 3.8) is 0 Å². The maximum atomic E-state index is 11.8. The van der Waals surface area contributed by atoms with Crippen LogP contribution in [-0.2, 0) is 9.53 Å². The van der Waals surface area contributed by atoms with Crippen LogP contribution in [0.2, 0.25) is 0 Å². The molecule has 0 aliphatic rings.